The molecule has 0 saturated heterocycles. The van der Waals surface area contributed by atoms with Gasteiger partial charge in [0.05, 0.1) is 4.92 Å². The lowest BCUT2D eigenvalue weighted by Crippen LogP contribution is -2.23. The average molecular weight is 292 g/mol. The third-order valence-electron chi connectivity index (χ3n) is 2.84. The van der Waals surface area contributed by atoms with Gasteiger partial charge in [0.25, 0.3) is 5.69 Å². The number of nitro groups is 1. The van der Waals surface area contributed by atoms with Crippen molar-refractivity contribution >= 4 is 17.0 Å². The van der Waals surface area contributed by atoms with Gasteiger partial charge in [0.1, 0.15) is 12.4 Å². The molecule has 1 aromatic heterocycles. The van der Waals surface area contributed by atoms with Crippen LogP contribution in [0.1, 0.15) is 17.8 Å². The van der Waals surface area contributed by atoms with Crippen molar-refractivity contribution in [2.45, 2.75) is 13.0 Å². The van der Waals surface area contributed by atoms with Crippen molar-refractivity contribution in [2.24, 2.45) is 0 Å². The number of thiophene rings is 1. The van der Waals surface area contributed by atoms with E-state index in [1.165, 1.54) is 17.0 Å². The molecule has 5 nitrogen and oxygen atoms in total. The van der Waals surface area contributed by atoms with E-state index >= 15 is 0 Å². The third-order valence-corrected chi connectivity index (χ3v) is 3.89. The van der Waals surface area contributed by atoms with E-state index in [4.69, 9.17) is 4.74 Å². The number of nitro benzene ring substituents is 1. The minimum absolute atomic E-state index is 0.0711. The summed E-state index contributed by atoms with van der Waals surface area (Å²) in [5.74, 6) is 0.640. The van der Waals surface area contributed by atoms with Crippen LogP contribution in [0, 0.1) is 10.1 Å². The Bertz CT molecular complexity index is 540. The molecule has 2 rings (SSSR count). The van der Waals surface area contributed by atoms with Crippen LogP contribution in [0.2, 0.25) is 0 Å². The Hall–Kier alpha value is -1.92. The van der Waals surface area contributed by atoms with Crippen molar-refractivity contribution in [3.63, 3.8) is 0 Å². The molecule has 0 bridgehead atoms. The van der Waals surface area contributed by atoms with E-state index in [1.807, 2.05) is 6.07 Å². The first-order chi connectivity index (χ1) is 9.66. The van der Waals surface area contributed by atoms with Crippen LogP contribution in [0.5, 0.6) is 5.75 Å². The molecule has 20 heavy (non-hydrogen) atoms. The number of ether oxygens (including phenoxy) is 1. The molecule has 0 aliphatic heterocycles. The fraction of sp³-hybridized carbons (Fsp3) is 0.286. The molecule has 6 heteroatoms. The van der Waals surface area contributed by atoms with E-state index in [-0.39, 0.29) is 5.69 Å². The highest BCUT2D eigenvalue weighted by atomic mass is 32.1. The number of nitrogens with zero attached hydrogens (tertiary/aromatic N) is 1. The van der Waals surface area contributed by atoms with Crippen molar-refractivity contribution in [2.75, 3.05) is 13.2 Å². The fourth-order valence-electron chi connectivity index (χ4n) is 1.75. The maximum atomic E-state index is 10.5. The molecule has 0 spiro atoms. The second-order valence-corrected chi connectivity index (χ2v) is 5.27. The van der Waals surface area contributed by atoms with Crippen molar-refractivity contribution in [3.05, 3.63) is 56.8 Å². The summed E-state index contributed by atoms with van der Waals surface area (Å²) in [4.78, 5) is 11.4. The molecule has 1 N–H and O–H groups in total. The first-order valence-corrected chi connectivity index (χ1v) is 7.19. The van der Waals surface area contributed by atoms with Crippen LogP contribution in [0.3, 0.4) is 0 Å². The number of benzene rings is 1. The first kappa shape index (κ1) is 14.5. The molecule has 1 atom stereocenters. The predicted molar refractivity (Wildman–Crippen MR) is 79.3 cm³/mol. The molecule has 0 fully saturated rings. The zero-order valence-corrected chi connectivity index (χ0v) is 11.9. The summed E-state index contributed by atoms with van der Waals surface area (Å²) in [6.07, 6.45) is 0. The standard InChI is InChI=1S/C14H16N2O3S/c1-11(14-3-2-10-20-14)15-8-9-19-13-6-4-12(5-7-13)16(17)18/h2-7,10-11,15H,8-9H2,1H3. The molecule has 106 valence electrons. The first-order valence-electron chi connectivity index (χ1n) is 6.31. The molecular weight excluding hydrogens is 276 g/mol. The van der Waals surface area contributed by atoms with Gasteiger partial charge in [-0.05, 0) is 30.5 Å². The summed E-state index contributed by atoms with van der Waals surface area (Å²) < 4.78 is 5.53. The number of nitrogens with one attached hydrogen (secondary N) is 1. The normalized spacial score (nSPS) is 12.1. The van der Waals surface area contributed by atoms with Gasteiger partial charge < -0.3 is 10.1 Å². The number of hydrogen-bond donors (Lipinski definition) is 1. The molecule has 1 unspecified atom stereocenters. The zero-order chi connectivity index (χ0) is 14.4. The van der Waals surface area contributed by atoms with Gasteiger partial charge in [0, 0.05) is 29.6 Å². The van der Waals surface area contributed by atoms with Crippen molar-refractivity contribution < 1.29 is 9.66 Å². The monoisotopic (exact) mass is 292 g/mol. The number of rotatable bonds is 7. The Morgan fingerprint density at radius 2 is 2.10 bits per heavy atom. The molecular formula is C14H16N2O3S. The summed E-state index contributed by atoms with van der Waals surface area (Å²) in [5, 5.41) is 15.9. The smallest absolute Gasteiger partial charge is 0.269 e. The minimum atomic E-state index is -0.423. The lowest BCUT2D eigenvalue weighted by atomic mass is 10.3. The van der Waals surface area contributed by atoms with Gasteiger partial charge in [-0.1, -0.05) is 6.07 Å². The Kier molecular flexibility index (Phi) is 5.09. The summed E-state index contributed by atoms with van der Waals surface area (Å²) in [6, 6.07) is 10.5. The molecule has 0 aliphatic carbocycles. The maximum absolute atomic E-state index is 10.5. The highest BCUT2D eigenvalue weighted by molar-refractivity contribution is 7.10. The van der Waals surface area contributed by atoms with Crippen molar-refractivity contribution in [3.8, 4) is 5.75 Å². The van der Waals surface area contributed by atoms with Gasteiger partial charge in [0.15, 0.2) is 0 Å². The van der Waals surface area contributed by atoms with Crippen LogP contribution in [0.15, 0.2) is 41.8 Å². The number of hydrogen-bond acceptors (Lipinski definition) is 5. The van der Waals surface area contributed by atoms with Gasteiger partial charge in [-0.15, -0.1) is 11.3 Å². The van der Waals surface area contributed by atoms with Crippen LogP contribution in [0.4, 0.5) is 5.69 Å². The van der Waals surface area contributed by atoms with Crippen LogP contribution in [0.25, 0.3) is 0 Å². The molecule has 0 amide bonds. The van der Waals surface area contributed by atoms with Crippen molar-refractivity contribution in [1.82, 2.24) is 5.32 Å². The maximum Gasteiger partial charge on any atom is 0.269 e. The predicted octanol–water partition coefficient (Wildman–Crippen LogP) is 3.39. The summed E-state index contributed by atoms with van der Waals surface area (Å²) in [7, 11) is 0. The van der Waals surface area contributed by atoms with E-state index in [0.717, 1.165) is 6.54 Å². The Labute approximate surface area is 121 Å². The molecule has 0 aliphatic rings. The second-order valence-electron chi connectivity index (χ2n) is 4.29. The number of non-ortho nitro benzene ring substituents is 1. The van der Waals surface area contributed by atoms with E-state index in [9.17, 15) is 10.1 Å². The Morgan fingerprint density at radius 3 is 2.70 bits per heavy atom. The summed E-state index contributed by atoms with van der Waals surface area (Å²) in [6.45, 7) is 3.35. The molecule has 1 aromatic carbocycles. The third kappa shape index (κ3) is 4.04. The van der Waals surface area contributed by atoms with Gasteiger partial charge in [0.2, 0.25) is 0 Å². The summed E-state index contributed by atoms with van der Waals surface area (Å²) in [5.41, 5.74) is 0.0711. The molecule has 2 aromatic rings. The van der Waals surface area contributed by atoms with Gasteiger partial charge >= 0.3 is 0 Å². The zero-order valence-electron chi connectivity index (χ0n) is 11.1. The van der Waals surface area contributed by atoms with Crippen LogP contribution in [-0.4, -0.2) is 18.1 Å². The molecule has 1 heterocycles. The van der Waals surface area contributed by atoms with Gasteiger partial charge in [-0.3, -0.25) is 10.1 Å². The van der Waals surface area contributed by atoms with E-state index in [1.54, 1.807) is 23.5 Å². The van der Waals surface area contributed by atoms with E-state index in [0.29, 0.717) is 18.4 Å². The highest BCUT2D eigenvalue weighted by Crippen LogP contribution is 2.18. The van der Waals surface area contributed by atoms with Crippen LogP contribution in [-0.2, 0) is 0 Å². The second kappa shape index (κ2) is 7.02. The van der Waals surface area contributed by atoms with E-state index < -0.39 is 4.92 Å². The quantitative estimate of drug-likeness (QED) is 0.482. The van der Waals surface area contributed by atoms with Crippen LogP contribution < -0.4 is 10.1 Å². The topological polar surface area (TPSA) is 64.4 Å². The molecule has 0 saturated carbocycles. The van der Waals surface area contributed by atoms with Crippen molar-refractivity contribution in [1.29, 1.82) is 0 Å². The fourth-order valence-corrected chi connectivity index (χ4v) is 2.51. The lowest BCUT2D eigenvalue weighted by molar-refractivity contribution is -0.384. The Morgan fingerprint density at radius 1 is 1.35 bits per heavy atom. The Balaban J connectivity index is 1.72. The van der Waals surface area contributed by atoms with Gasteiger partial charge in [-0.25, -0.2) is 0 Å². The summed E-state index contributed by atoms with van der Waals surface area (Å²) >= 11 is 1.72. The molecule has 0 radical (unpaired) electrons. The SMILES string of the molecule is CC(NCCOc1ccc([N+](=O)[O-])cc1)c1cccs1. The van der Waals surface area contributed by atoms with E-state index in [2.05, 4.69) is 23.7 Å². The lowest BCUT2D eigenvalue weighted by Gasteiger charge is -2.12. The minimum Gasteiger partial charge on any atom is -0.492 e. The van der Waals surface area contributed by atoms with Crippen LogP contribution >= 0.6 is 11.3 Å². The average Bonchev–Trinajstić information content (AvgIpc) is 2.98. The highest BCUT2D eigenvalue weighted by Gasteiger charge is 2.06. The van der Waals surface area contributed by atoms with Gasteiger partial charge in [-0.2, -0.15) is 0 Å². The largest absolute Gasteiger partial charge is 0.492 e.